The number of aromatic nitrogens is 2. The molecule has 0 atom stereocenters. The molecule has 1 aromatic carbocycles. The van der Waals surface area contributed by atoms with E-state index in [1.807, 2.05) is 62.8 Å². The predicted octanol–water partition coefficient (Wildman–Crippen LogP) is 2.74. The maximum Gasteiger partial charge on any atom is 0.498 e. The maximum atomic E-state index is 6.14. The van der Waals surface area contributed by atoms with Gasteiger partial charge in [-0.05, 0) is 46.2 Å². The van der Waals surface area contributed by atoms with E-state index >= 15 is 0 Å². The summed E-state index contributed by atoms with van der Waals surface area (Å²) < 4.78 is 19.7. The molecule has 128 valence electrons. The number of hydrogen-bond donors (Lipinski definition) is 0. The van der Waals surface area contributed by atoms with Crippen molar-refractivity contribution in [2.24, 2.45) is 0 Å². The van der Waals surface area contributed by atoms with Crippen molar-refractivity contribution < 1.29 is 14.0 Å². The number of aryl methyl sites for hydroxylation is 1. The molecule has 6 heteroatoms. The largest absolute Gasteiger partial charge is 0.498 e. The number of rotatable bonds is 4. The van der Waals surface area contributed by atoms with Crippen LogP contribution >= 0.6 is 0 Å². The number of ether oxygens (including phenoxy) is 1. The van der Waals surface area contributed by atoms with Gasteiger partial charge < -0.3 is 14.0 Å². The van der Waals surface area contributed by atoms with Crippen molar-refractivity contribution in [3.05, 3.63) is 36.2 Å². The summed E-state index contributed by atoms with van der Waals surface area (Å²) in [7, 11) is 1.22. The van der Waals surface area contributed by atoms with E-state index in [9.17, 15) is 0 Å². The van der Waals surface area contributed by atoms with E-state index in [1.165, 1.54) is 0 Å². The van der Waals surface area contributed by atoms with E-state index in [2.05, 4.69) is 12.0 Å². The Morgan fingerprint density at radius 1 is 1.12 bits per heavy atom. The lowest BCUT2D eigenvalue weighted by Gasteiger charge is -2.32. The maximum absolute atomic E-state index is 6.14. The zero-order valence-electron chi connectivity index (χ0n) is 15.3. The summed E-state index contributed by atoms with van der Waals surface area (Å²) in [5.41, 5.74) is 2.15. The second-order valence-electron chi connectivity index (χ2n) is 7.12. The molecular formula is C18H25BN2O3. The van der Waals surface area contributed by atoms with Crippen LogP contribution < -0.4 is 10.2 Å². The lowest BCUT2D eigenvalue weighted by molar-refractivity contribution is 0.00578. The van der Waals surface area contributed by atoms with Crippen molar-refractivity contribution >= 4 is 12.6 Å². The molecule has 0 amide bonds. The zero-order valence-corrected chi connectivity index (χ0v) is 15.3. The Kier molecular flexibility index (Phi) is 4.22. The van der Waals surface area contributed by atoms with Crippen LogP contribution in [0.3, 0.4) is 0 Å². The average Bonchev–Trinajstić information content (AvgIpc) is 3.09. The minimum Gasteiger partial charge on any atom is -0.497 e. The van der Waals surface area contributed by atoms with Gasteiger partial charge in [-0.2, -0.15) is 5.10 Å². The second kappa shape index (κ2) is 5.94. The normalized spacial score (nSPS) is 18.8. The fourth-order valence-electron chi connectivity index (χ4n) is 2.70. The van der Waals surface area contributed by atoms with Crippen molar-refractivity contribution in [2.45, 2.75) is 52.2 Å². The number of methoxy groups -OCH3 is 1. The third kappa shape index (κ3) is 2.85. The van der Waals surface area contributed by atoms with Gasteiger partial charge in [0.2, 0.25) is 0 Å². The van der Waals surface area contributed by atoms with Crippen LogP contribution in [0.2, 0.25) is 0 Å². The molecule has 0 aliphatic carbocycles. The molecule has 1 aliphatic rings. The first-order valence-corrected chi connectivity index (χ1v) is 8.36. The van der Waals surface area contributed by atoms with Gasteiger partial charge in [0, 0.05) is 17.7 Å². The van der Waals surface area contributed by atoms with E-state index in [1.54, 1.807) is 7.11 Å². The van der Waals surface area contributed by atoms with Gasteiger partial charge in [0.15, 0.2) is 0 Å². The van der Waals surface area contributed by atoms with Crippen LogP contribution in [0.15, 0.2) is 30.5 Å². The molecular weight excluding hydrogens is 303 g/mol. The van der Waals surface area contributed by atoms with E-state index in [4.69, 9.17) is 14.0 Å². The highest BCUT2D eigenvalue weighted by atomic mass is 16.7. The fourth-order valence-corrected chi connectivity index (χ4v) is 2.70. The number of hydrogen-bond acceptors (Lipinski definition) is 4. The third-order valence-corrected chi connectivity index (χ3v) is 5.00. The summed E-state index contributed by atoms with van der Waals surface area (Å²) in [4.78, 5) is 0. The Morgan fingerprint density at radius 3 is 2.33 bits per heavy atom. The van der Waals surface area contributed by atoms with Gasteiger partial charge in [-0.3, -0.25) is 0 Å². The van der Waals surface area contributed by atoms with Gasteiger partial charge >= 0.3 is 7.12 Å². The monoisotopic (exact) mass is 328 g/mol. The van der Waals surface area contributed by atoms with E-state index in [0.29, 0.717) is 0 Å². The molecule has 5 nitrogen and oxygen atoms in total. The summed E-state index contributed by atoms with van der Waals surface area (Å²) in [6.07, 6.45) is 2.87. The molecule has 0 unspecified atom stereocenters. The van der Waals surface area contributed by atoms with Crippen LogP contribution in [-0.4, -0.2) is 35.2 Å². The molecule has 1 aliphatic heterocycles. The molecule has 0 bridgehead atoms. The van der Waals surface area contributed by atoms with Crippen LogP contribution in [0.1, 0.15) is 40.3 Å². The minimum absolute atomic E-state index is 0.376. The van der Waals surface area contributed by atoms with Crippen LogP contribution in [-0.2, 0) is 15.7 Å². The summed E-state index contributed by atoms with van der Waals surface area (Å²) >= 11 is 0. The molecule has 0 radical (unpaired) electrons. The second-order valence-corrected chi connectivity index (χ2v) is 7.12. The van der Waals surface area contributed by atoms with Crippen molar-refractivity contribution in [3.63, 3.8) is 0 Å². The van der Waals surface area contributed by atoms with Crippen LogP contribution in [0, 0.1) is 0 Å². The lowest BCUT2D eigenvalue weighted by Crippen LogP contribution is -2.41. The first-order chi connectivity index (χ1) is 11.3. The van der Waals surface area contributed by atoms with Gasteiger partial charge in [0.1, 0.15) is 5.75 Å². The van der Waals surface area contributed by atoms with Crippen LogP contribution in [0.4, 0.5) is 0 Å². The molecule has 0 N–H and O–H groups in total. The molecule has 1 aromatic heterocycles. The molecule has 1 fully saturated rings. The molecule has 24 heavy (non-hydrogen) atoms. The van der Waals surface area contributed by atoms with Crippen molar-refractivity contribution in [1.82, 2.24) is 9.78 Å². The highest BCUT2D eigenvalue weighted by molar-refractivity contribution is 6.63. The predicted molar refractivity (Wildman–Crippen MR) is 95.2 cm³/mol. The summed E-state index contributed by atoms with van der Waals surface area (Å²) in [6, 6.07) is 7.99. The molecule has 1 saturated heterocycles. The topological polar surface area (TPSA) is 45.5 Å². The third-order valence-electron chi connectivity index (χ3n) is 5.00. The lowest BCUT2D eigenvalue weighted by atomic mass is 9.78. The Bertz CT molecular complexity index is 724. The van der Waals surface area contributed by atoms with Gasteiger partial charge in [-0.1, -0.05) is 13.0 Å². The SMILES string of the molecule is CCc1ccn(-c2ccc(B3OC(C)(C)C(C)(C)O3)c(OC)c2)n1. The number of benzene rings is 1. The van der Waals surface area contributed by atoms with E-state index in [0.717, 1.165) is 29.0 Å². The van der Waals surface area contributed by atoms with Crippen molar-refractivity contribution in [1.29, 1.82) is 0 Å². The minimum atomic E-state index is -0.442. The fraction of sp³-hybridized carbons (Fsp3) is 0.500. The van der Waals surface area contributed by atoms with Crippen LogP contribution in [0.5, 0.6) is 5.75 Å². The Labute approximate surface area is 144 Å². The first-order valence-electron chi connectivity index (χ1n) is 8.36. The van der Waals surface area contributed by atoms with E-state index < -0.39 is 7.12 Å². The van der Waals surface area contributed by atoms with Gasteiger partial charge in [0.05, 0.1) is 29.7 Å². The van der Waals surface area contributed by atoms with Crippen molar-refractivity contribution in [2.75, 3.05) is 7.11 Å². The number of nitrogens with zero attached hydrogens (tertiary/aromatic N) is 2. The molecule has 2 aromatic rings. The van der Waals surface area contributed by atoms with E-state index in [-0.39, 0.29) is 11.2 Å². The quantitative estimate of drug-likeness (QED) is 0.810. The summed E-state index contributed by atoms with van der Waals surface area (Å²) in [5, 5.41) is 4.55. The molecule has 0 saturated carbocycles. The Morgan fingerprint density at radius 2 is 1.79 bits per heavy atom. The Hall–Kier alpha value is -1.79. The molecule has 0 spiro atoms. The van der Waals surface area contributed by atoms with Gasteiger partial charge in [-0.15, -0.1) is 0 Å². The summed E-state index contributed by atoms with van der Waals surface area (Å²) in [6.45, 7) is 10.3. The molecule has 3 rings (SSSR count). The Balaban J connectivity index is 1.93. The first kappa shape index (κ1) is 17.1. The highest BCUT2D eigenvalue weighted by Gasteiger charge is 2.52. The molecule has 2 heterocycles. The van der Waals surface area contributed by atoms with Gasteiger partial charge in [0.25, 0.3) is 0 Å². The summed E-state index contributed by atoms with van der Waals surface area (Å²) in [5.74, 6) is 0.736. The standard InChI is InChI=1S/C18H25BN2O3/c1-7-13-10-11-21(20-13)14-8-9-15(16(12-14)22-6)19-23-17(2,3)18(4,5)24-19/h8-12H,7H2,1-6H3. The highest BCUT2D eigenvalue weighted by Crippen LogP contribution is 2.37. The average molecular weight is 328 g/mol. The van der Waals surface area contributed by atoms with Crippen molar-refractivity contribution in [3.8, 4) is 11.4 Å². The smallest absolute Gasteiger partial charge is 0.497 e. The zero-order chi connectivity index (χ0) is 17.5. The van der Waals surface area contributed by atoms with Gasteiger partial charge in [-0.25, -0.2) is 4.68 Å². The van der Waals surface area contributed by atoms with Crippen LogP contribution in [0.25, 0.3) is 5.69 Å².